The van der Waals surface area contributed by atoms with Crippen LogP contribution in [0, 0.1) is 6.92 Å². The standard InChI is InChI=1S/C15H26N2O/c1-13-11-14(7-8-15(13)18-4)12-17(3)10-6-5-9-16-2/h7-8,11,16H,5-6,9-10,12H2,1-4H3. The molecule has 0 unspecified atom stereocenters. The molecule has 3 heteroatoms. The van der Waals surface area contributed by atoms with Crippen LogP contribution in [0.5, 0.6) is 5.75 Å². The van der Waals surface area contributed by atoms with Gasteiger partial charge in [-0.05, 0) is 64.1 Å². The van der Waals surface area contributed by atoms with E-state index in [1.807, 2.05) is 7.05 Å². The van der Waals surface area contributed by atoms with Crippen molar-refractivity contribution in [1.82, 2.24) is 10.2 Å². The third kappa shape index (κ3) is 5.07. The predicted molar refractivity (Wildman–Crippen MR) is 77.2 cm³/mol. The lowest BCUT2D eigenvalue weighted by Crippen LogP contribution is -2.20. The average molecular weight is 250 g/mol. The zero-order valence-electron chi connectivity index (χ0n) is 12.1. The Morgan fingerprint density at radius 3 is 2.67 bits per heavy atom. The molecule has 0 aromatic heterocycles. The van der Waals surface area contributed by atoms with Crippen LogP contribution in [0.2, 0.25) is 0 Å². The molecule has 1 aromatic carbocycles. The maximum atomic E-state index is 5.28. The van der Waals surface area contributed by atoms with E-state index in [0.717, 1.165) is 25.4 Å². The van der Waals surface area contributed by atoms with E-state index in [9.17, 15) is 0 Å². The third-order valence-electron chi connectivity index (χ3n) is 3.13. The highest BCUT2D eigenvalue weighted by Gasteiger charge is 2.03. The number of unbranched alkanes of at least 4 members (excludes halogenated alkanes) is 1. The lowest BCUT2D eigenvalue weighted by Gasteiger charge is -2.17. The minimum atomic E-state index is 0.968. The number of hydrogen-bond donors (Lipinski definition) is 1. The van der Waals surface area contributed by atoms with Gasteiger partial charge in [0.25, 0.3) is 0 Å². The molecule has 0 spiro atoms. The van der Waals surface area contributed by atoms with Crippen molar-refractivity contribution < 1.29 is 4.74 Å². The van der Waals surface area contributed by atoms with Gasteiger partial charge in [-0.1, -0.05) is 12.1 Å². The molecule has 0 aliphatic rings. The van der Waals surface area contributed by atoms with E-state index in [-0.39, 0.29) is 0 Å². The summed E-state index contributed by atoms with van der Waals surface area (Å²) in [5.74, 6) is 0.968. The van der Waals surface area contributed by atoms with Gasteiger partial charge in [0, 0.05) is 6.54 Å². The Morgan fingerprint density at radius 1 is 1.28 bits per heavy atom. The highest BCUT2D eigenvalue weighted by Crippen LogP contribution is 2.19. The summed E-state index contributed by atoms with van der Waals surface area (Å²) in [6, 6.07) is 6.42. The molecule has 0 aliphatic heterocycles. The number of hydrogen-bond acceptors (Lipinski definition) is 3. The van der Waals surface area contributed by atoms with Crippen molar-refractivity contribution in [3.63, 3.8) is 0 Å². The fraction of sp³-hybridized carbons (Fsp3) is 0.600. The molecule has 1 aromatic rings. The second-order valence-corrected chi connectivity index (χ2v) is 4.85. The lowest BCUT2D eigenvalue weighted by atomic mass is 10.1. The van der Waals surface area contributed by atoms with E-state index in [2.05, 4.69) is 42.4 Å². The number of ether oxygens (including phenoxy) is 1. The van der Waals surface area contributed by atoms with Crippen LogP contribution in [0.1, 0.15) is 24.0 Å². The van der Waals surface area contributed by atoms with Gasteiger partial charge in [0.15, 0.2) is 0 Å². The monoisotopic (exact) mass is 250 g/mol. The van der Waals surface area contributed by atoms with Gasteiger partial charge in [0.2, 0.25) is 0 Å². The van der Waals surface area contributed by atoms with Crippen LogP contribution in [-0.4, -0.2) is 39.2 Å². The predicted octanol–water partition coefficient (Wildman–Crippen LogP) is 2.44. The first-order chi connectivity index (χ1) is 8.67. The Morgan fingerprint density at radius 2 is 2.06 bits per heavy atom. The Kier molecular flexibility index (Phi) is 6.76. The molecular formula is C15H26N2O. The van der Waals surface area contributed by atoms with Crippen LogP contribution in [0.25, 0.3) is 0 Å². The molecule has 102 valence electrons. The van der Waals surface area contributed by atoms with Crippen molar-refractivity contribution in [3.05, 3.63) is 29.3 Å². The van der Waals surface area contributed by atoms with Gasteiger partial charge in [0.1, 0.15) is 5.75 Å². The van der Waals surface area contributed by atoms with Crippen molar-refractivity contribution >= 4 is 0 Å². The summed E-state index contributed by atoms with van der Waals surface area (Å²) in [6.07, 6.45) is 2.48. The zero-order valence-corrected chi connectivity index (χ0v) is 12.1. The fourth-order valence-corrected chi connectivity index (χ4v) is 2.11. The lowest BCUT2D eigenvalue weighted by molar-refractivity contribution is 0.318. The highest BCUT2D eigenvalue weighted by atomic mass is 16.5. The van der Waals surface area contributed by atoms with Crippen molar-refractivity contribution in [2.45, 2.75) is 26.3 Å². The van der Waals surface area contributed by atoms with Gasteiger partial charge < -0.3 is 15.0 Å². The number of methoxy groups -OCH3 is 1. The van der Waals surface area contributed by atoms with Crippen molar-refractivity contribution in [2.75, 3.05) is 34.3 Å². The summed E-state index contributed by atoms with van der Waals surface area (Å²) in [4.78, 5) is 2.37. The minimum Gasteiger partial charge on any atom is -0.496 e. The van der Waals surface area contributed by atoms with Gasteiger partial charge in [-0.25, -0.2) is 0 Å². The molecule has 0 bridgehead atoms. The SMILES string of the molecule is CNCCCCN(C)Cc1ccc(OC)c(C)c1. The quantitative estimate of drug-likeness (QED) is 0.717. The Bertz CT molecular complexity index is 352. The van der Waals surface area contributed by atoms with Gasteiger partial charge in [0.05, 0.1) is 7.11 Å². The van der Waals surface area contributed by atoms with Crippen LogP contribution in [0.3, 0.4) is 0 Å². The molecule has 0 aliphatic carbocycles. The second-order valence-electron chi connectivity index (χ2n) is 4.85. The van der Waals surface area contributed by atoms with Gasteiger partial charge in [-0.3, -0.25) is 0 Å². The van der Waals surface area contributed by atoms with E-state index in [1.165, 1.54) is 24.0 Å². The van der Waals surface area contributed by atoms with Crippen LogP contribution in [0.4, 0.5) is 0 Å². The first-order valence-corrected chi connectivity index (χ1v) is 6.64. The van der Waals surface area contributed by atoms with Crippen molar-refractivity contribution in [2.24, 2.45) is 0 Å². The third-order valence-corrected chi connectivity index (χ3v) is 3.13. The van der Waals surface area contributed by atoms with Crippen molar-refractivity contribution in [3.8, 4) is 5.75 Å². The number of nitrogens with one attached hydrogen (secondary N) is 1. The van der Waals surface area contributed by atoms with Crippen LogP contribution in [-0.2, 0) is 6.54 Å². The van der Waals surface area contributed by atoms with Gasteiger partial charge in [-0.2, -0.15) is 0 Å². The first kappa shape index (κ1) is 15.0. The summed E-state index contributed by atoms with van der Waals surface area (Å²) in [5.41, 5.74) is 2.56. The number of aryl methyl sites for hydroxylation is 1. The normalized spacial score (nSPS) is 10.9. The summed E-state index contributed by atoms with van der Waals surface area (Å²) >= 11 is 0. The van der Waals surface area contributed by atoms with Crippen LogP contribution >= 0.6 is 0 Å². The van der Waals surface area contributed by atoms with Crippen molar-refractivity contribution in [1.29, 1.82) is 0 Å². The average Bonchev–Trinajstić information content (AvgIpc) is 2.35. The molecule has 0 heterocycles. The molecule has 1 rings (SSSR count). The molecule has 0 fully saturated rings. The van der Waals surface area contributed by atoms with Crippen LogP contribution in [0.15, 0.2) is 18.2 Å². The highest BCUT2D eigenvalue weighted by molar-refractivity contribution is 5.36. The largest absolute Gasteiger partial charge is 0.496 e. The van der Waals surface area contributed by atoms with E-state index < -0.39 is 0 Å². The summed E-state index contributed by atoms with van der Waals surface area (Å²) in [6.45, 7) is 5.35. The maximum absolute atomic E-state index is 5.28. The molecule has 0 saturated carbocycles. The second kappa shape index (κ2) is 8.11. The fourth-order valence-electron chi connectivity index (χ4n) is 2.11. The Labute approximate surface area is 111 Å². The molecule has 0 amide bonds. The number of rotatable bonds is 8. The molecule has 0 atom stereocenters. The molecule has 0 saturated heterocycles. The number of nitrogens with zero attached hydrogens (tertiary/aromatic N) is 1. The molecule has 18 heavy (non-hydrogen) atoms. The van der Waals surface area contributed by atoms with E-state index in [4.69, 9.17) is 4.74 Å². The van der Waals surface area contributed by atoms with E-state index in [1.54, 1.807) is 7.11 Å². The number of benzene rings is 1. The first-order valence-electron chi connectivity index (χ1n) is 6.64. The molecule has 3 nitrogen and oxygen atoms in total. The topological polar surface area (TPSA) is 24.5 Å². The molecule has 1 N–H and O–H groups in total. The summed E-state index contributed by atoms with van der Waals surface area (Å²) in [5, 5.41) is 3.18. The van der Waals surface area contributed by atoms with Gasteiger partial charge in [-0.15, -0.1) is 0 Å². The zero-order chi connectivity index (χ0) is 13.4. The van der Waals surface area contributed by atoms with E-state index >= 15 is 0 Å². The Hall–Kier alpha value is -1.06. The molecule has 0 radical (unpaired) electrons. The van der Waals surface area contributed by atoms with Crippen LogP contribution < -0.4 is 10.1 Å². The summed E-state index contributed by atoms with van der Waals surface area (Å²) in [7, 11) is 5.90. The smallest absolute Gasteiger partial charge is 0.121 e. The Balaban J connectivity index is 2.39. The maximum Gasteiger partial charge on any atom is 0.121 e. The minimum absolute atomic E-state index is 0.968. The summed E-state index contributed by atoms with van der Waals surface area (Å²) < 4.78 is 5.28. The van der Waals surface area contributed by atoms with E-state index in [0.29, 0.717) is 0 Å². The molecular weight excluding hydrogens is 224 g/mol. The van der Waals surface area contributed by atoms with Gasteiger partial charge >= 0.3 is 0 Å².